The van der Waals surface area contributed by atoms with Gasteiger partial charge in [-0.3, -0.25) is 4.79 Å². The average Bonchev–Trinajstić information content (AvgIpc) is 2.48. The predicted molar refractivity (Wildman–Crippen MR) is 48.6 cm³/mol. The molecule has 1 aliphatic heterocycles. The Morgan fingerprint density at radius 2 is 2.46 bits per heavy atom. The summed E-state index contributed by atoms with van der Waals surface area (Å²) in [6.45, 7) is 2.95. The van der Waals surface area contributed by atoms with Crippen LogP contribution in [0.1, 0.15) is 19.0 Å². The third-order valence-electron chi connectivity index (χ3n) is 2.51. The van der Waals surface area contributed by atoms with Crippen LogP contribution >= 0.6 is 0 Å². The van der Waals surface area contributed by atoms with Gasteiger partial charge in [0.2, 0.25) is 0 Å². The van der Waals surface area contributed by atoms with Crippen molar-refractivity contribution < 1.29 is 9.53 Å². The van der Waals surface area contributed by atoms with Gasteiger partial charge in [-0.25, -0.2) is 0 Å². The second kappa shape index (κ2) is 3.00. The number of H-pyrrole nitrogens is 1. The predicted octanol–water partition coefficient (Wildman–Crippen LogP) is 1.26. The highest BCUT2D eigenvalue weighted by molar-refractivity contribution is 5.77. The van der Waals surface area contributed by atoms with E-state index in [1.54, 1.807) is 6.92 Å². The van der Waals surface area contributed by atoms with Crippen molar-refractivity contribution in [3.05, 3.63) is 24.0 Å². The fraction of sp³-hybridized carbons (Fsp3) is 0.500. The SMILES string of the molecule is CC(=O)CC1(c2ccc[nH]2)COC1. The maximum atomic E-state index is 11.1. The number of nitrogens with one attached hydrogen (secondary N) is 1. The van der Waals surface area contributed by atoms with E-state index in [0.717, 1.165) is 5.69 Å². The van der Waals surface area contributed by atoms with Gasteiger partial charge in [-0.1, -0.05) is 0 Å². The van der Waals surface area contributed by atoms with Crippen LogP contribution < -0.4 is 0 Å². The van der Waals surface area contributed by atoms with Crippen LogP contribution in [0.2, 0.25) is 0 Å². The van der Waals surface area contributed by atoms with E-state index in [1.165, 1.54) is 0 Å². The van der Waals surface area contributed by atoms with Crippen LogP contribution in [0, 0.1) is 0 Å². The van der Waals surface area contributed by atoms with Gasteiger partial charge in [-0.15, -0.1) is 0 Å². The van der Waals surface area contributed by atoms with Gasteiger partial charge in [0.1, 0.15) is 5.78 Å². The molecule has 0 atom stereocenters. The molecule has 0 aliphatic carbocycles. The molecule has 2 heterocycles. The van der Waals surface area contributed by atoms with E-state index in [-0.39, 0.29) is 11.2 Å². The number of ether oxygens (including phenoxy) is 1. The lowest BCUT2D eigenvalue weighted by Gasteiger charge is -2.40. The van der Waals surface area contributed by atoms with E-state index >= 15 is 0 Å². The van der Waals surface area contributed by atoms with Crippen LogP contribution in [0.5, 0.6) is 0 Å². The van der Waals surface area contributed by atoms with Gasteiger partial charge < -0.3 is 9.72 Å². The van der Waals surface area contributed by atoms with Crippen LogP contribution in [-0.2, 0) is 14.9 Å². The lowest BCUT2D eigenvalue weighted by molar-refractivity contribution is -0.125. The number of ketones is 1. The van der Waals surface area contributed by atoms with Crippen molar-refractivity contribution in [2.75, 3.05) is 13.2 Å². The molecule has 2 rings (SSSR count). The Kier molecular flexibility index (Phi) is 1.96. The molecular weight excluding hydrogens is 166 g/mol. The van der Waals surface area contributed by atoms with Gasteiger partial charge in [0.05, 0.1) is 18.6 Å². The van der Waals surface area contributed by atoms with E-state index in [2.05, 4.69) is 4.98 Å². The fourth-order valence-electron chi connectivity index (χ4n) is 1.84. The molecule has 1 saturated heterocycles. The molecular formula is C10H13NO2. The highest BCUT2D eigenvalue weighted by atomic mass is 16.5. The van der Waals surface area contributed by atoms with E-state index in [1.807, 2.05) is 18.3 Å². The second-order valence-electron chi connectivity index (χ2n) is 3.74. The average molecular weight is 179 g/mol. The molecule has 1 aromatic rings. The largest absolute Gasteiger partial charge is 0.379 e. The minimum absolute atomic E-state index is 0.0602. The molecule has 0 spiro atoms. The Balaban J connectivity index is 2.20. The first-order valence-electron chi connectivity index (χ1n) is 4.44. The topological polar surface area (TPSA) is 42.1 Å². The first kappa shape index (κ1) is 8.51. The van der Waals surface area contributed by atoms with Crippen LogP contribution in [0.15, 0.2) is 18.3 Å². The van der Waals surface area contributed by atoms with E-state index < -0.39 is 0 Å². The first-order chi connectivity index (χ1) is 6.23. The number of aromatic amines is 1. The second-order valence-corrected chi connectivity index (χ2v) is 3.74. The molecule has 0 radical (unpaired) electrons. The van der Waals surface area contributed by atoms with Gasteiger partial charge in [-0.2, -0.15) is 0 Å². The number of rotatable bonds is 3. The summed E-state index contributed by atoms with van der Waals surface area (Å²) in [7, 11) is 0. The Morgan fingerprint density at radius 3 is 2.85 bits per heavy atom. The van der Waals surface area contributed by atoms with Crippen LogP contribution in [0.25, 0.3) is 0 Å². The van der Waals surface area contributed by atoms with Gasteiger partial charge in [-0.05, 0) is 19.1 Å². The third-order valence-corrected chi connectivity index (χ3v) is 2.51. The summed E-state index contributed by atoms with van der Waals surface area (Å²) < 4.78 is 5.19. The number of aromatic nitrogens is 1. The summed E-state index contributed by atoms with van der Waals surface area (Å²) in [6.07, 6.45) is 2.46. The van der Waals surface area contributed by atoms with Gasteiger partial charge in [0.15, 0.2) is 0 Å². The monoisotopic (exact) mass is 179 g/mol. The van der Waals surface area contributed by atoms with Crippen molar-refractivity contribution >= 4 is 5.78 Å². The molecule has 13 heavy (non-hydrogen) atoms. The summed E-state index contributed by atoms with van der Waals surface area (Å²) in [5.74, 6) is 0.220. The number of Topliss-reactive ketones (excluding diaryl/α,β-unsaturated/α-hetero) is 1. The maximum absolute atomic E-state index is 11.1. The maximum Gasteiger partial charge on any atom is 0.130 e. The quantitative estimate of drug-likeness (QED) is 0.759. The zero-order chi connectivity index (χ0) is 9.31. The Labute approximate surface area is 77.1 Å². The van der Waals surface area contributed by atoms with Crippen LogP contribution in [0.3, 0.4) is 0 Å². The molecule has 0 aromatic carbocycles. The molecule has 1 N–H and O–H groups in total. The standard InChI is InChI=1S/C10H13NO2/c1-8(12)5-10(6-13-7-10)9-3-2-4-11-9/h2-4,11H,5-7H2,1H3. The summed E-state index contributed by atoms with van der Waals surface area (Å²) in [5, 5.41) is 0. The van der Waals surface area contributed by atoms with Crippen molar-refractivity contribution in [2.45, 2.75) is 18.8 Å². The summed E-state index contributed by atoms with van der Waals surface area (Å²) in [5.41, 5.74) is 1.06. The Bertz CT molecular complexity index is 299. The van der Waals surface area contributed by atoms with E-state index in [4.69, 9.17) is 4.74 Å². The molecule has 3 nitrogen and oxygen atoms in total. The fourth-order valence-corrected chi connectivity index (χ4v) is 1.84. The molecule has 0 saturated carbocycles. The Hall–Kier alpha value is -1.09. The van der Waals surface area contributed by atoms with Crippen molar-refractivity contribution in [3.63, 3.8) is 0 Å². The van der Waals surface area contributed by atoms with Crippen LogP contribution in [-0.4, -0.2) is 24.0 Å². The molecule has 3 heteroatoms. The molecule has 1 aliphatic rings. The zero-order valence-corrected chi connectivity index (χ0v) is 7.67. The summed E-state index contributed by atoms with van der Waals surface area (Å²) in [4.78, 5) is 14.2. The molecule has 1 fully saturated rings. The van der Waals surface area contributed by atoms with Crippen LogP contribution in [0.4, 0.5) is 0 Å². The summed E-state index contributed by atoms with van der Waals surface area (Å²) >= 11 is 0. The summed E-state index contributed by atoms with van der Waals surface area (Å²) in [6, 6.07) is 3.97. The Morgan fingerprint density at radius 1 is 1.69 bits per heavy atom. The normalized spacial score (nSPS) is 19.5. The van der Waals surface area contributed by atoms with Crippen molar-refractivity contribution in [3.8, 4) is 0 Å². The smallest absolute Gasteiger partial charge is 0.130 e. The van der Waals surface area contributed by atoms with Crippen molar-refractivity contribution in [1.29, 1.82) is 0 Å². The highest BCUT2D eigenvalue weighted by Gasteiger charge is 2.42. The molecule has 70 valence electrons. The van der Waals surface area contributed by atoms with Gasteiger partial charge in [0.25, 0.3) is 0 Å². The number of carbonyl (C=O) groups excluding carboxylic acids is 1. The molecule has 0 unspecified atom stereocenters. The first-order valence-corrected chi connectivity index (χ1v) is 4.44. The number of hydrogen-bond acceptors (Lipinski definition) is 2. The van der Waals surface area contributed by atoms with E-state index in [9.17, 15) is 4.79 Å². The number of hydrogen-bond donors (Lipinski definition) is 1. The zero-order valence-electron chi connectivity index (χ0n) is 7.67. The molecule has 0 bridgehead atoms. The van der Waals surface area contributed by atoms with Crippen molar-refractivity contribution in [1.82, 2.24) is 4.98 Å². The highest BCUT2D eigenvalue weighted by Crippen LogP contribution is 2.34. The molecule has 0 amide bonds. The minimum atomic E-state index is -0.0602. The van der Waals surface area contributed by atoms with E-state index in [0.29, 0.717) is 19.6 Å². The van der Waals surface area contributed by atoms with Crippen molar-refractivity contribution in [2.24, 2.45) is 0 Å². The van der Waals surface area contributed by atoms with Gasteiger partial charge >= 0.3 is 0 Å². The lowest BCUT2D eigenvalue weighted by Crippen LogP contribution is -2.48. The third kappa shape index (κ3) is 1.40. The molecule has 1 aromatic heterocycles. The van der Waals surface area contributed by atoms with Gasteiger partial charge in [0, 0.05) is 18.3 Å². The minimum Gasteiger partial charge on any atom is -0.379 e. The number of carbonyl (C=O) groups is 1. The lowest BCUT2D eigenvalue weighted by atomic mass is 9.78.